The van der Waals surface area contributed by atoms with E-state index in [4.69, 9.17) is 5.11 Å². The molecule has 0 aliphatic carbocycles. The minimum Gasteiger partial charge on any atom is -0.481 e. The first-order valence-electron chi connectivity index (χ1n) is 6.41. The van der Waals surface area contributed by atoms with E-state index in [9.17, 15) is 9.59 Å². The number of carbonyl (C=O) groups excluding carboxylic acids is 1. The molecule has 1 fully saturated rings. The molecule has 1 heterocycles. The van der Waals surface area contributed by atoms with Crippen molar-refractivity contribution in [1.82, 2.24) is 15.1 Å². The van der Waals surface area contributed by atoms with E-state index in [-0.39, 0.29) is 19.0 Å². The Balaban J connectivity index is 2.24. The predicted molar refractivity (Wildman–Crippen MR) is 68.6 cm³/mol. The number of nitrogens with one attached hydrogen (secondary N) is 1. The Kier molecular flexibility index (Phi) is 5.91. The molecule has 2 amide bonds. The number of likely N-dealkylation sites (N-methyl/N-ethyl adjacent to an activating group) is 1. The second-order valence-electron chi connectivity index (χ2n) is 4.88. The van der Waals surface area contributed by atoms with Gasteiger partial charge < -0.3 is 20.2 Å². The quantitative estimate of drug-likeness (QED) is 0.756. The molecule has 0 saturated carbocycles. The Bertz CT molecular complexity index is 296. The van der Waals surface area contributed by atoms with Crippen molar-refractivity contribution in [2.24, 2.45) is 0 Å². The van der Waals surface area contributed by atoms with E-state index in [0.717, 1.165) is 13.0 Å². The smallest absolute Gasteiger partial charge is 0.317 e. The lowest BCUT2D eigenvalue weighted by Crippen LogP contribution is -2.47. The predicted octanol–water partition coefficient (Wildman–Crippen LogP) is 0.587. The van der Waals surface area contributed by atoms with Crippen molar-refractivity contribution in [3.05, 3.63) is 0 Å². The van der Waals surface area contributed by atoms with Crippen molar-refractivity contribution in [2.75, 3.05) is 33.7 Å². The van der Waals surface area contributed by atoms with Crippen molar-refractivity contribution in [2.45, 2.75) is 31.7 Å². The normalized spacial score (nSPS) is 20.4. The number of hydrogen-bond acceptors (Lipinski definition) is 3. The molecule has 0 aromatic rings. The van der Waals surface area contributed by atoms with E-state index in [0.29, 0.717) is 12.6 Å². The fourth-order valence-corrected chi connectivity index (χ4v) is 2.11. The van der Waals surface area contributed by atoms with E-state index in [1.807, 2.05) is 0 Å². The van der Waals surface area contributed by atoms with E-state index in [2.05, 4.69) is 17.3 Å². The molecule has 6 heteroatoms. The highest BCUT2D eigenvalue weighted by Crippen LogP contribution is 2.13. The largest absolute Gasteiger partial charge is 0.481 e. The molecule has 6 nitrogen and oxygen atoms in total. The maximum absolute atomic E-state index is 11.7. The number of nitrogens with zero attached hydrogens (tertiary/aromatic N) is 2. The zero-order valence-electron chi connectivity index (χ0n) is 11.2. The average molecular weight is 257 g/mol. The molecule has 1 aliphatic rings. The summed E-state index contributed by atoms with van der Waals surface area (Å²) in [7, 11) is 3.69. The highest BCUT2D eigenvalue weighted by atomic mass is 16.4. The molecule has 0 aromatic carbocycles. The lowest BCUT2D eigenvalue weighted by atomic mass is 10.0. The lowest BCUT2D eigenvalue weighted by Gasteiger charge is -2.32. The lowest BCUT2D eigenvalue weighted by molar-refractivity contribution is -0.137. The highest BCUT2D eigenvalue weighted by Gasteiger charge is 2.20. The summed E-state index contributed by atoms with van der Waals surface area (Å²) in [4.78, 5) is 25.8. The van der Waals surface area contributed by atoms with Crippen LogP contribution in [0.2, 0.25) is 0 Å². The second kappa shape index (κ2) is 7.20. The Morgan fingerprint density at radius 3 is 2.78 bits per heavy atom. The molecule has 0 radical (unpaired) electrons. The van der Waals surface area contributed by atoms with Gasteiger partial charge in [0, 0.05) is 26.2 Å². The highest BCUT2D eigenvalue weighted by molar-refractivity contribution is 5.75. The van der Waals surface area contributed by atoms with Crippen LogP contribution < -0.4 is 5.32 Å². The third-order valence-electron chi connectivity index (χ3n) is 3.42. The van der Waals surface area contributed by atoms with Crippen molar-refractivity contribution in [3.63, 3.8) is 0 Å². The van der Waals surface area contributed by atoms with Gasteiger partial charge >= 0.3 is 12.0 Å². The van der Waals surface area contributed by atoms with Gasteiger partial charge in [-0.25, -0.2) is 4.79 Å². The first-order valence-corrected chi connectivity index (χ1v) is 6.41. The van der Waals surface area contributed by atoms with Crippen LogP contribution in [-0.4, -0.2) is 66.7 Å². The van der Waals surface area contributed by atoms with Crippen LogP contribution in [0.5, 0.6) is 0 Å². The fraction of sp³-hybridized carbons (Fsp3) is 0.833. The third-order valence-corrected chi connectivity index (χ3v) is 3.42. The van der Waals surface area contributed by atoms with Crippen molar-refractivity contribution in [3.8, 4) is 0 Å². The molecule has 104 valence electrons. The van der Waals surface area contributed by atoms with Gasteiger partial charge in [0.25, 0.3) is 0 Å². The number of hydrogen-bond donors (Lipinski definition) is 2. The van der Waals surface area contributed by atoms with Gasteiger partial charge in [0.2, 0.25) is 0 Å². The van der Waals surface area contributed by atoms with Crippen molar-refractivity contribution in [1.29, 1.82) is 0 Å². The van der Waals surface area contributed by atoms with Crippen LogP contribution in [0.3, 0.4) is 0 Å². The summed E-state index contributed by atoms with van der Waals surface area (Å²) < 4.78 is 0. The molecule has 1 aliphatic heterocycles. The number of aliphatic carboxylic acids is 1. The number of urea groups is 1. The van der Waals surface area contributed by atoms with Crippen LogP contribution in [0.1, 0.15) is 25.7 Å². The number of carboxylic acids is 1. The van der Waals surface area contributed by atoms with Gasteiger partial charge in [-0.05, 0) is 26.4 Å². The number of amides is 2. The fourth-order valence-electron chi connectivity index (χ4n) is 2.11. The van der Waals surface area contributed by atoms with Gasteiger partial charge in [-0.15, -0.1) is 0 Å². The van der Waals surface area contributed by atoms with Crippen molar-refractivity contribution >= 4 is 12.0 Å². The van der Waals surface area contributed by atoms with Gasteiger partial charge in [-0.3, -0.25) is 4.79 Å². The molecule has 1 atom stereocenters. The molecule has 2 N–H and O–H groups in total. The number of carbonyl (C=O) groups is 2. The summed E-state index contributed by atoms with van der Waals surface area (Å²) in [6, 6.07) is 0.200. The average Bonchev–Trinajstić information content (AvgIpc) is 2.34. The van der Waals surface area contributed by atoms with Gasteiger partial charge in [-0.1, -0.05) is 6.42 Å². The minimum atomic E-state index is -0.887. The summed E-state index contributed by atoms with van der Waals surface area (Å²) in [6.45, 7) is 1.95. The topological polar surface area (TPSA) is 72.9 Å². The summed E-state index contributed by atoms with van der Waals surface area (Å²) in [6.07, 6.45) is 3.52. The molecular formula is C12H23N3O3. The van der Waals surface area contributed by atoms with Gasteiger partial charge in [-0.2, -0.15) is 0 Å². The minimum absolute atomic E-state index is 0.0206. The maximum Gasteiger partial charge on any atom is 0.317 e. The van der Waals surface area contributed by atoms with Crippen LogP contribution in [0.4, 0.5) is 4.79 Å². The SMILES string of the molecule is CN(CCC(=O)O)C(=O)NCC1CCCCN1C. The van der Waals surface area contributed by atoms with Crippen LogP contribution in [0.15, 0.2) is 0 Å². The zero-order chi connectivity index (χ0) is 13.5. The number of carboxylic acid groups (broad SMARTS) is 1. The number of likely N-dealkylation sites (tertiary alicyclic amines) is 1. The molecule has 1 unspecified atom stereocenters. The van der Waals surface area contributed by atoms with E-state index in [1.54, 1.807) is 7.05 Å². The second-order valence-corrected chi connectivity index (χ2v) is 4.88. The molecular weight excluding hydrogens is 234 g/mol. The Morgan fingerprint density at radius 1 is 1.44 bits per heavy atom. The number of piperidine rings is 1. The molecule has 0 spiro atoms. The Labute approximate surface area is 108 Å². The molecule has 18 heavy (non-hydrogen) atoms. The summed E-state index contributed by atoms with van der Waals surface area (Å²) >= 11 is 0. The van der Waals surface area contributed by atoms with E-state index >= 15 is 0 Å². The van der Waals surface area contributed by atoms with Gasteiger partial charge in [0.15, 0.2) is 0 Å². The van der Waals surface area contributed by atoms with Crippen LogP contribution in [-0.2, 0) is 4.79 Å². The third kappa shape index (κ3) is 4.91. The van der Waals surface area contributed by atoms with E-state index < -0.39 is 5.97 Å². The van der Waals surface area contributed by atoms with Crippen LogP contribution >= 0.6 is 0 Å². The summed E-state index contributed by atoms with van der Waals surface area (Å²) in [5, 5.41) is 11.4. The molecule has 1 rings (SSSR count). The number of rotatable bonds is 5. The van der Waals surface area contributed by atoms with Gasteiger partial charge in [0.05, 0.1) is 6.42 Å². The van der Waals surface area contributed by atoms with Gasteiger partial charge in [0.1, 0.15) is 0 Å². The molecule has 1 saturated heterocycles. The Hall–Kier alpha value is -1.30. The maximum atomic E-state index is 11.7. The summed E-state index contributed by atoms with van der Waals surface area (Å²) in [5.41, 5.74) is 0. The van der Waals surface area contributed by atoms with Crippen molar-refractivity contribution < 1.29 is 14.7 Å². The van der Waals surface area contributed by atoms with E-state index in [1.165, 1.54) is 17.7 Å². The molecule has 0 aromatic heterocycles. The van der Waals surface area contributed by atoms with Crippen LogP contribution in [0, 0.1) is 0 Å². The monoisotopic (exact) mass is 257 g/mol. The first kappa shape index (κ1) is 14.8. The molecule has 0 bridgehead atoms. The van der Waals surface area contributed by atoms with Crippen LogP contribution in [0.25, 0.3) is 0 Å². The summed E-state index contributed by atoms with van der Waals surface area (Å²) in [5.74, 6) is -0.887. The first-order chi connectivity index (χ1) is 8.50. The standard InChI is InChI=1S/C12H23N3O3/c1-14-7-4-3-5-10(14)9-13-12(18)15(2)8-6-11(16)17/h10H,3-9H2,1-2H3,(H,13,18)(H,16,17). The zero-order valence-corrected chi connectivity index (χ0v) is 11.2. The Morgan fingerprint density at radius 2 is 2.17 bits per heavy atom.